The van der Waals surface area contributed by atoms with Crippen LogP contribution in [0, 0.1) is 5.82 Å². The molecule has 0 amide bonds. The molecule has 0 saturated carbocycles. The molecule has 0 nitrogen and oxygen atoms in total. The molecule has 0 aliphatic rings. The van der Waals surface area contributed by atoms with E-state index in [1.807, 2.05) is 32.9 Å². The predicted molar refractivity (Wildman–Crippen MR) is 73.1 cm³/mol. The van der Waals surface area contributed by atoms with E-state index < -0.39 is 0 Å². The Kier molecular flexibility index (Phi) is 8.10. The van der Waals surface area contributed by atoms with Crippen LogP contribution in [0.25, 0.3) is 0 Å². The molecule has 79 valence electrons. The molecule has 14 heavy (non-hydrogen) atoms. The molecule has 0 aliphatic heterocycles. The summed E-state index contributed by atoms with van der Waals surface area (Å²) in [6, 6.07) is 6.91. The van der Waals surface area contributed by atoms with Crippen LogP contribution in [0.5, 0.6) is 0 Å². The van der Waals surface area contributed by atoms with E-state index in [0.717, 1.165) is 5.56 Å². The second kappa shape index (κ2) is 7.46. The summed E-state index contributed by atoms with van der Waals surface area (Å²) in [6.45, 7) is 6.02. The van der Waals surface area contributed by atoms with Gasteiger partial charge in [-0.05, 0) is 17.0 Å². The van der Waals surface area contributed by atoms with Gasteiger partial charge in [0, 0.05) is 0 Å². The monoisotopic (exact) mass is 457 g/mol. The van der Waals surface area contributed by atoms with Gasteiger partial charge in [-0.1, -0.05) is 39.0 Å². The van der Waals surface area contributed by atoms with Crippen LogP contribution in [-0.2, 0) is 14.9 Å². The average molecular weight is 457 g/mol. The Morgan fingerprint density at radius 2 is 1.57 bits per heavy atom. The number of halogens is 3. The quantitative estimate of drug-likeness (QED) is 0.487. The maximum atomic E-state index is 13.1. The number of hydrogen-bond donors (Lipinski definition) is 0. The topological polar surface area (TPSA) is 0 Å². The van der Waals surface area contributed by atoms with E-state index in [1.165, 1.54) is 6.07 Å². The molecule has 0 heterocycles. The Morgan fingerprint density at radius 1 is 1.14 bits per heavy atom. The standard InChI is InChI=1S/C10H13F.2HI.V/c1-10(2,3)8-6-4-5-7-9(8)11;;;/h4-7H,1-3H3;2*1H;/q;;;+2/p-2. The van der Waals surface area contributed by atoms with E-state index in [0.29, 0.717) is 9.47 Å². The summed E-state index contributed by atoms with van der Waals surface area (Å²) in [5, 5.41) is 0. The molecule has 4 heteroatoms. The van der Waals surface area contributed by atoms with Crippen LogP contribution in [0.1, 0.15) is 26.3 Å². The molecular weight excluding hydrogens is 444 g/mol. The van der Waals surface area contributed by atoms with Gasteiger partial charge in [0.2, 0.25) is 0 Å². The molecule has 1 aromatic carbocycles. The van der Waals surface area contributed by atoms with Crippen LogP contribution in [0.2, 0.25) is 0 Å². The van der Waals surface area contributed by atoms with Crippen molar-refractivity contribution in [2.75, 3.05) is 0 Å². The number of benzene rings is 1. The van der Waals surface area contributed by atoms with Gasteiger partial charge >= 0.3 is 49.4 Å². The molecule has 0 unspecified atom stereocenters. The molecule has 0 spiro atoms. The van der Waals surface area contributed by atoms with Crippen LogP contribution in [0.15, 0.2) is 24.3 Å². The van der Waals surface area contributed by atoms with Gasteiger partial charge in [0.25, 0.3) is 0 Å². The molecule has 0 N–H and O–H groups in total. The Hall–Kier alpha value is 1.19. The van der Waals surface area contributed by atoms with Crippen molar-refractivity contribution in [1.29, 1.82) is 0 Å². The zero-order chi connectivity index (χ0) is 11.2. The van der Waals surface area contributed by atoms with E-state index in [1.54, 1.807) is 6.07 Å². The van der Waals surface area contributed by atoms with Gasteiger partial charge in [0.05, 0.1) is 0 Å². The molecule has 0 aromatic heterocycles. The Balaban J connectivity index is 0.000000500. The zero-order valence-corrected chi connectivity index (χ0v) is 14.1. The van der Waals surface area contributed by atoms with Crippen molar-refractivity contribution in [2.45, 2.75) is 26.2 Å². The first-order valence-electron chi connectivity index (χ1n) is 4.10. The fourth-order valence-corrected chi connectivity index (χ4v) is 1.07. The van der Waals surface area contributed by atoms with Gasteiger partial charge in [-0.2, -0.15) is 0 Å². The summed E-state index contributed by atoms with van der Waals surface area (Å²) in [4.78, 5) is 0. The fraction of sp³-hybridized carbons (Fsp3) is 0.400. The minimum absolute atomic E-state index is 0.0919. The molecular formula is C10H13FI2V. The van der Waals surface area contributed by atoms with Gasteiger partial charge in [0.15, 0.2) is 0 Å². The van der Waals surface area contributed by atoms with Crippen molar-refractivity contribution in [3.05, 3.63) is 35.6 Å². The van der Waals surface area contributed by atoms with Crippen LogP contribution in [0.3, 0.4) is 0 Å². The number of hydrogen-bond acceptors (Lipinski definition) is 0. The Bertz CT molecular complexity index is 271. The van der Waals surface area contributed by atoms with Crippen molar-refractivity contribution >= 4 is 40.0 Å². The van der Waals surface area contributed by atoms with Crippen molar-refractivity contribution in [2.24, 2.45) is 0 Å². The predicted octanol–water partition coefficient (Wildman–Crippen LogP) is 4.89. The first-order chi connectivity index (χ1) is 6.43. The van der Waals surface area contributed by atoms with Crippen LogP contribution in [-0.4, -0.2) is 0 Å². The van der Waals surface area contributed by atoms with Crippen molar-refractivity contribution < 1.29 is 13.9 Å². The fourth-order valence-electron chi connectivity index (χ4n) is 1.07. The summed E-state index contributed by atoms with van der Waals surface area (Å²) in [5.41, 5.74) is 0.686. The summed E-state index contributed by atoms with van der Waals surface area (Å²) in [5.74, 6) is -0.111. The summed E-state index contributed by atoms with van der Waals surface area (Å²) < 4.78 is 13.1. The average Bonchev–Trinajstić information content (AvgIpc) is 2.04. The van der Waals surface area contributed by atoms with E-state index in [4.69, 9.17) is 0 Å². The Morgan fingerprint density at radius 3 is 1.86 bits per heavy atom. The third-order valence-electron chi connectivity index (χ3n) is 1.68. The molecule has 0 bridgehead atoms. The SMILES string of the molecule is CC(C)(C)c1ccccc1F.[I][V][I]. The molecule has 0 radical (unpaired) electrons. The van der Waals surface area contributed by atoms with E-state index in [2.05, 4.69) is 40.0 Å². The maximum absolute atomic E-state index is 13.1. The first kappa shape index (κ1) is 15.2. The van der Waals surface area contributed by atoms with E-state index >= 15 is 0 Å². The summed E-state index contributed by atoms with van der Waals surface area (Å²) >= 11 is 4.74. The second-order valence-corrected chi connectivity index (χ2v) is 15.6. The van der Waals surface area contributed by atoms with Gasteiger partial charge in [-0.3, -0.25) is 0 Å². The van der Waals surface area contributed by atoms with Gasteiger partial charge in [0.1, 0.15) is 5.82 Å². The van der Waals surface area contributed by atoms with Gasteiger partial charge in [-0.25, -0.2) is 4.39 Å². The molecule has 0 fully saturated rings. The molecule has 0 atom stereocenters. The van der Waals surface area contributed by atoms with Gasteiger partial charge < -0.3 is 0 Å². The summed E-state index contributed by atoms with van der Waals surface area (Å²) in [7, 11) is 0.628. The van der Waals surface area contributed by atoms with Crippen molar-refractivity contribution in [3.63, 3.8) is 0 Å². The van der Waals surface area contributed by atoms with Gasteiger partial charge in [-0.15, -0.1) is 0 Å². The minimum atomic E-state index is -0.111. The van der Waals surface area contributed by atoms with E-state index in [9.17, 15) is 4.39 Å². The second-order valence-electron chi connectivity index (χ2n) is 3.79. The van der Waals surface area contributed by atoms with Crippen LogP contribution >= 0.6 is 40.0 Å². The molecule has 0 aliphatic carbocycles. The number of rotatable bonds is 0. The molecule has 1 aromatic rings. The Labute approximate surface area is 114 Å². The third-order valence-corrected chi connectivity index (χ3v) is 1.68. The van der Waals surface area contributed by atoms with Crippen LogP contribution in [0.4, 0.5) is 4.39 Å². The summed E-state index contributed by atoms with van der Waals surface area (Å²) in [6.07, 6.45) is 0. The van der Waals surface area contributed by atoms with Crippen LogP contribution < -0.4 is 0 Å². The normalized spacial score (nSPS) is 10.1. The third kappa shape index (κ3) is 5.93. The van der Waals surface area contributed by atoms with Crippen molar-refractivity contribution in [1.82, 2.24) is 0 Å². The first-order valence-corrected chi connectivity index (χ1v) is 13.1. The molecule has 0 saturated heterocycles. The van der Waals surface area contributed by atoms with Crippen molar-refractivity contribution in [3.8, 4) is 0 Å². The zero-order valence-electron chi connectivity index (χ0n) is 8.39. The van der Waals surface area contributed by atoms with E-state index in [-0.39, 0.29) is 11.2 Å². The molecule has 1 rings (SSSR count).